The quantitative estimate of drug-likeness (QED) is 0.660. The minimum Gasteiger partial charge on any atom is -0.352 e. The van der Waals surface area contributed by atoms with Crippen molar-refractivity contribution in [3.63, 3.8) is 0 Å². The lowest BCUT2D eigenvalue weighted by atomic mass is 10.1. The number of nitrogens with zero attached hydrogens (tertiary/aromatic N) is 4. The van der Waals surface area contributed by atoms with Crippen molar-refractivity contribution in [3.8, 4) is 11.4 Å². The van der Waals surface area contributed by atoms with Gasteiger partial charge in [-0.1, -0.05) is 11.6 Å². The Morgan fingerprint density at radius 3 is 2.96 bits per heavy atom. The van der Waals surface area contributed by atoms with Crippen molar-refractivity contribution in [2.24, 2.45) is 0 Å². The van der Waals surface area contributed by atoms with Gasteiger partial charge in [-0.15, -0.1) is 11.3 Å². The van der Waals surface area contributed by atoms with Crippen LogP contribution in [0.3, 0.4) is 0 Å². The van der Waals surface area contributed by atoms with Crippen LogP contribution >= 0.6 is 22.9 Å². The zero-order chi connectivity index (χ0) is 18.5. The van der Waals surface area contributed by atoms with Crippen LogP contribution in [-0.2, 0) is 0 Å². The highest BCUT2D eigenvalue weighted by molar-refractivity contribution is 7.17. The van der Waals surface area contributed by atoms with Gasteiger partial charge in [-0.3, -0.25) is 4.90 Å². The van der Waals surface area contributed by atoms with Crippen LogP contribution in [-0.4, -0.2) is 53.8 Å². The zero-order valence-electron chi connectivity index (χ0n) is 14.3. The first-order valence-electron chi connectivity index (χ1n) is 8.70. The lowest BCUT2D eigenvalue weighted by Crippen LogP contribution is -2.51. The fraction of sp³-hybridized carbons (Fsp3) is 0.333. The minimum absolute atomic E-state index is 0.0208. The normalized spacial score (nSPS) is 20.4. The van der Waals surface area contributed by atoms with Crippen LogP contribution in [0.5, 0.6) is 0 Å². The van der Waals surface area contributed by atoms with Crippen LogP contribution in [0.1, 0.15) is 0 Å². The Morgan fingerprint density at radius 1 is 1.19 bits per heavy atom. The topological polar surface area (TPSA) is 44.3 Å². The molecular weight excluding hydrogens is 392 g/mol. The van der Waals surface area contributed by atoms with Crippen LogP contribution in [0, 0.1) is 11.6 Å². The Balaban J connectivity index is 1.61. The molecule has 2 aromatic heterocycles. The molecule has 2 aliphatic heterocycles. The van der Waals surface area contributed by atoms with Gasteiger partial charge in [0.1, 0.15) is 11.6 Å². The first-order chi connectivity index (χ1) is 13.1. The van der Waals surface area contributed by atoms with E-state index < -0.39 is 11.6 Å². The summed E-state index contributed by atoms with van der Waals surface area (Å²) in [6, 6.07) is 4.34. The van der Waals surface area contributed by atoms with Crippen molar-refractivity contribution >= 4 is 39.0 Å². The average Bonchev–Trinajstić information content (AvgIpc) is 3.32. The van der Waals surface area contributed by atoms with Gasteiger partial charge in [0.05, 0.1) is 20.8 Å². The monoisotopic (exact) mass is 407 g/mol. The Hall–Kier alpha value is -1.87. The molecule has 140 valence electrons. The van der Waals surface area contributed by atoms with E-state index in [-0.39, 0.29) is 16.4 Å². The van der Waals surface area contributed by atoms with Crippen molar-refractivity contribution in [3.05, 3.63) is 40.2 Å². The molecule has 1 atom stereocenters. The molecule has 9 heteroatoms. The van der Waals surface area contributed by atoms with E-state index in [2.05, 4.69) is 25.1 Å². The number of piperazine rings is 1. The number of hydrogen-bond acceptors (Lipinski definition) is 6. The molecule has 27 heavy (non-hydrogen) atoms. The molecule has 5 rings (SSSR count). The van der Waals surface area contributed by atoms with Gasteiger partial charge in [0.25, 0.3) is 0 Å². The molecule has 4 heterocycles. The summed E-state index contributed by atoms with van der Waals surface area (Å²) >= 11 is 7.24. The fourth-order valence-electron chi connectivity index (χ4n) is 3.74. The molecule has 2 saturated heterocycles. The number of fused-ring (bicyclic) bond motifs is 2. The summed E-state index contributed by atoms with van der Waals surface area (Å²) in [4.78, 5) is 13.7. The van der Waals surface area contributed by atoms with Gasteiger partial charge in [-0.2, -0.15) is 0 Å². The van der Waals surface area contributed by atoms with Crippen LogP contribution in [0.2, 0.25) is 5.02 Å². The minimum atomic E-state index is -0.686. The number of benzene rings is 1. The average molecular weight is 408 g/mol. The molecule has 0 amide bonds. The van der Waals surface area contributed by atoms with Crippen molar-refractivity contribution in [2.45, 2.75) is 6.04 Å². The summed E-state index contributed by atoms with van der Waals surface area (Å²) in [5.41, 5.74) is 0.758. The largest absolute Gasteiger partial charge is 0.352 e. The highest BCUT2D eigenvalue weighted by Crippen LogP contribution is 2.34. The molecule has 0 spiro atoms. The third kappa shape index (κ3) is 2.97. The zero-order valence-corrected chi connectivity index (χ0v) is 15.8. The third-order valence-corrected chi connectivity index (χ3v) is 6.32. The Bertz CT molecular complexity index is 1030. The molecule has 1 aromatic carbocycles. The van der Waals surface area contributed by atoms with E-state index in [9.17, 15) is 8.78 Å². The van der Waals surface area contributed by atoms with Crippen LogP contribution in [0.25, 0.3) is 21.6 Å². The van der Waals surface area contributed by atoms with Gasteiger partial charge in [-0.05, 0) is 23.6 Å². The number of aromatic nitrogens is 2. The van der Waals surface area contributed by atoms with Gasteiger partial charge >= 0.3 is 0 Å². The maximum atomic E-state index is 14.4. The number of halogens is 3. The molecule has 2 aliphatic rings. The number of thiophene rings is 1. The summed E-state index contributed by atoms with van der Waals surface area (Å²) in [6.07, 6.45) is 0. The second kappa shape index (κ2) is 6.63. The maximum absolute atomic E-state index is 14.4. The molecule has 0 aliphatic carbocycles. The molecule has 2 fully saturated rings. The Kier molecular flexibility index (Phi) is 4.23. The molecule has 0 saturated carbocycles. The number of rotatable bonds is 2. The van der Waals surface area contributed by atoms with Crippen LogP contribution in [0.4, 0.5) is 14.6 Å². The van der Waals surface area contributed by atoms with E-state index in [1.807, 2.05) is 11.4 Å². The fourth-order valence-corrected chi connectivity index (χ4v) is 4.74. The third-order valence-electron chi connectivity index (χ3n) is 5.14. The van der Waals surface area contributed by atoms with E-state index in [0.29, 0.717) is 6.04 Å². The van der Waals surface area contributed by atoms with Gasteiger partial charge in [0, 0.05) is 38.9 Å². The molecule has 1 N–H and O–H groups in total. The van der Waals surface area contributed by atoms with E-state index in [0.717, 1.165) is 61.0 Å². The van der Waals surface area contributed by atoms with Crippen molar-refractivity contribution in [2.75, 3.05) is 37.7 Å². The van der Waals surface area contributed by atoms with Gasteiger partial charge in [0.15, 0.2) is 11.6 Å². The molecule has 1 unspecified atom stereocenters. The van der Waals surface area contributed by atoms with E-state index in [1.54, 1.807) is 11.3 Å². The number of anilines is 1. The molecule has 5 nitrogen and oxygen atoms in total. The molecular formula is C18H16ClF2N5S. The number of hydrogen-bond donors (Lipinski definition) is 1. The predicted molar refractivity (Wildman–Crippen MR) is 103 cm³/mol. The van der Waals surface area contributed by atoms with Gasteiger partial charge < -0.3 is 10.2 Å². The van der Waals surface area contributed by atoms with Gasteiger partial charge in [0.2, 0.25) is 0 Å². The lowest BCUT2D eigenvalue weighted by Gasteiger charge is -2.37. The second-order valence-corrected chi connectivity index (χ2v) is 8.10. The maximum Gasteiger partial charge on any atom is 0.165 e. The summed E-state index contributed by atoms with van der Waals surface area (Å²) in [6.45, 7) is 4.47. The highest BCUT2D eigenvalue weighted by atomic mass is 35.5. The number of nitrogens with one attached hydrogen (secondary N) is 1. The summed E-state index contributed by atoms with van der Waals surface area (Å²) in [5.74, 6) is -0.358. The van der Waals surface area contributed by atoms with Crippen molar-refractivity contribution in [1.82, 2.24) is 20.2 Å². The highest BCUT2D eigenvalue weighted by Gasteiger charge is 2.32. The predicted octanol–water partition coefficient (Wildman–Crippen LogP) is 3.34. The van der Waals surface area contributed by atoms with Gasteiger partial charge in [-0.25, -0.2) is 18.7 Å². The lowest BCUT2D eigenvalue weighted by molar-refractivity contribution is 0.234. The van der Waals surface area contributed by atoms with E-state index in [4.69, 9.17) is 11.6 Å². The Morgan fingerprint density at radius 2 is 2.07 bits per heavy atom. The second-order valence-electron chi connectivity index (χ2n) is 6.78. The first-order valence-corrected chi connectivity index (χ1v) is 9.96. The Labute approximate surface area is 163 Å². The van der Waals surface area contributed by atoms with Crippen molar-refractivity contribution in [1.29, 1.82) is 0 Å². The molecule has 3 aromatic rings. The summed E-state index contributed by atoms with van der Waals surface area (Å²) in [5, 5.41) is 5.08. The van der Waals surface area contributed by atoms with Crippen molar-refractivity contribution < 1.29 is 8.78 Å². The SMILES string of the molecule is Fc1cc(-c2nc(N3CCN4CNCC4C3)c3sccc3n2)c(F)cc1Cl. The first kappa shape index (κ1) is 17.2. The summed E-state index contributed by atoms with van der Waals surface area (Å²) in [7, 11) is 0. The summed E-state index contributed by atoms with van der Waals surface area (Å²) < 4.78 is 29.3. The van der Waals surface area contributed by atoms with E-state index in [1.165, 1.54) is 0 Å². The van der Waals surface area contributed by atoms with E-state index >= 15 is 0 Å². The smallest absolute Gasteiger partial charge is 0.165 e. The van der Waals surface area contributed by atoms with Crippen LogP contribution < -0.4 is 10.2 Å². The van der Waals surface area contributed by atoms with Crippen LogP contribution in [0.15, 0.2) is 23.6 Å². The molecule has 0 bridgehead atoms. The molecule has 0 radical (unpaired) electrons. The standard InChI is InChI=1S/C18H16ClF2N5S/c19-12-6-13(20)11(5-14(12)21)17-23-15-1-4-27-16(15)18(24-17)25-2-3-26-9-22-7-10(26)8-25/h1,4-6,10,22H,2-3,7-9H2.